The maximum absolute atomic E-state index is 12.9. The van der Waals surface area contributed by atoms with Gasteiger partial charge in [0.05, 0.1) is 19.4 Å². The molecule has 1 N–H and O–H groups in total. The van der Waals surface area contributed by atoms with E-state index in [1.807, 2.05) is 30.3 Å². The highest BCUT2D eigenvalue weighted by Crippen LogP contribution is 2.24. The number of amides is 1. The van der Waals surface area contributed by atoms with Crippen molar-refractivity contribution in [1.29, 1.82) is 0 Å². The first-order chi connectivity index (χ1) is 17.6. The third kappa shape index (κ3) is 4.65. The molecule has 1 amide bonds. The molecule has 0 saturated carbocycles. The molecule has 3 heterocycles. The molecule has 0 fully saturated rings. The smallest absolute Gasteiger partial charge is 0.350 e. The topological polar surface area (TPSA) is 104 Å². The van der Waals surface area contributed by atoms with E-state index in [0.29, 0.717) is 29.2 Å². The number of aromatic nitrogens is 5. The molecule has 0 bridgehead atoms. The molecule has 0 aliphatic heterocycles. The summed E-state index contributed by atoms with van der Waals surface area (Å²) in [4.78, 5) is 25.5. The molecule has 184 valence electrons. The molecule has 36 heavy (non-hydrogen) atoms. The number of nitrogens with one attached hydrogen (secondary N) is 1. The zero-order valence-corrected chi connectivity index (χ0v) is 20.0. The Kier molecular flexibility index (Phi) is 6.40. The van der Waals surface area contributed by atoms with Crippen LogP contribution in [0.4, 0.5) is 5.69 Å². The van der Waals surface area contributed by atoms with E-state index >= 15 is 0 Å². The molecule has 0 aliphatic carbocycles. The van der Waals surface area contributed by atoms with Crippen LogP contribution in [-0.4, -0.2) is 43.4 Å². The summed E-state index contributed by atoms with van der Waals surface area (Å²) >= 11 is 0. The number of hydrogen-bond donors (Lipinski definition) is 1. The molecule has 0 aliphatic rings. The van der Waals surface area contributed by atoms with Crippen molar-refractivity contribution in [1.82, 2.24) is 23.8 Å². The summed E-state index contributed by atoms with van der Waals surface area (Å²) in [5, 5.41) is 11.8. The molecule has 5 rings (SSSR count). The van der Waals surface area contributed by atoms with E-state index in [1.54, 1.807) is 48.3 Å². The lowest BCUT2D eigenvalue weighted by Crippen LogP contribution is -2.28. The first-order valence-electron chi connectivity index (χ1n) is 11.7. The van der Waals surface area contributed by atoms with Crippen molar-refractivity contribution < 1.29 is 14.3 Å². The summed E-state index contributed by atoms with van der Waals surface area (Å²) in [5.74, 6) is 1.06. The first kappa shape index (κ1) is 23.2. The van der Waals surface area contributed by atoms with Crippen molar-refractivity contribution in [3.05, 3.63) is 77.5 Å². The van der Waals surface area contributed by atoms with Gasteiger partial charge in [0.25, 0.3) is 0 Å². The van der Waals surface area contributed by atoms with Gasteiger partial charge in [0, 0.05) is 29.7 Å². The Morgan fingerprint density at radius 3 is 2.64 bits per heavy atom. The Labute approximate surface area is 206 Å². The van der Waals surface area contributed by atoms with E-state index in [4.69, 9.17) is 9.47 Å². The second-order valence-electron chi connectivity index (χ2n) is 8.30. The molecular weight excluding hydrogens is 460 g/mol. The van der Waals surface area contributed by atoms with Gasteiger partial charge in [0.15, 0.2) is 5.65 Å². The predicted molar refractivity (Wildman–Crippen MR) is 136 cm³/mol. The van der Waals surface area contributed by atoms with E-state index in [9.17, 15) is 9.59 Å². The fourth-order valence-electron chi connectivity index (χ4n) is 3.87. The molecule has 0 radical (unpaired) electrons. The van der Waals surface area contributed by atoms with Crippen LogP contribution in [0.5, 0.6) is 11.5 Å². The Balaban J connectivity index is 1.39. The largest absolute Gasteiger partial charge is 0.497 e. The second kappa shape index (κ2) is 9.95. The molecule has 0 unspecified atom stereocenters. The lowest BCUT2D eigenvalue weighted by atomic mass is 10.1. The molecule has 0 spiro atoms. The van der Waals surface area contributed by atoms with Crippen molar-refractivity contribution in [2.24, 2.45) is 0 Å². The minimum Gasteiger partial charge on any atom is -0.497 e. The van der Waals surface area contributed by atoms with Crippen LogP contribution in [0.1, 0.15) is 19.8 Å². The number of rotatable bonds is 9. The number of unbranched alkanes of at least 4 members (excludes halogenated alkanes) is 1. The van der Waals surface area contributed by atoms with Gasteiger partial charge in [0.1, 0.15) is 23.6 Å². The van der Waals surface area contributed by atoms with Gasteiger partial charge in [0.2, 0.25) is 5.91 Å². The van der Waals surface area contributed by atoms with Crippen LogP contribution < -0.4 is 20.5 Å². The number of benzene rings is 2. The number of fused-ring (bicyclic) bond motifs is 3. The Morgan fingerprint density at radius 2 is 1.86 bits per heavy atom. The minimum atomic E-state index is -0.412. The Morgan fingerprint density at radius 1 is 1.03 bits per heavy atom. The van der Waals surface area contributed by atoms with Crippen molar-refractivity contribution in [2.45, 2.75) is 26.3 Å². The highest BCUT2D eigenvalue weighted by atomic mass is 16.5. The van der Waals surface area contributed by atoms with Crippen LogP contribution >= 0.6 is 0 Å². The zero-order chi connectivity index (χ0) is 25.1. The van der Waals surface area contributed by atoms with Gasteiger partial charge in [-0.2, -0.15) is 5.10 Å². The summed E-state index contributed by atoms with van der Waals surface area (Å²) in [7, 11) is 1.55. The lowest BCUT2D eigenvalue weighted by Gasteiger charge is -2.06. The average molecular weight is 487 g/mol. The number of methoxy groups -OCH3 is 1. The quantitative estimate of drug-likeness (QED) is 0.319. The van der Waals surface area contributed by atoms with Crippen LogP contribution in [0.2, 0.25) is 0 Å². The molecule has 5 aromatic rings. The monoisotopic (exact) mass is 486 g/mol. The van der Waals surface area contributed by atoms with E-state index in [0.717, 1.165) is 34.5 Å². The van der Waals surface area contributed by atoms with Crippen LogP contribution in [0, 0.1) is 0 Å². The summed E-state index contributed by atoms with van der Waals surface area (Å²) < 4.78 is 15.1. The summed E-state index contributed by atoms with van der Waals surface area (Å²) in [6, 6.07) is 16.6. The SMILES string of the molecule is CCCCOc1ccc(-c2cc3c4nn(CC(=O)Nc5cccc(OC)c5)c(=O)n4ccn3n2)cc1. The van der Waals surface area contributed by atoms with Gasteiger partial charge >= 0.3 is 5.69 Å². The molecule has 2 aromatic carbocycles. The number of carbonyl (C=O) groups is 1. The van der Waals surface area contributed by atoms with Crippen molar-refractivity contribution in [3.63, 3.8) is 0 Å². The first-order valence-corrected chi connectivity index (χ1v) is 11.7. The Hall–Kier alpha value is -4.60. The lowest BCUT2D eigenvalue weighted by molar-refractivity contribution is -0.117. The van der Waals surface area contributed by atoms with E-state index < -0.39 is 5.69 Å². The van der Waals surface area contributed by atoms with Gasteiger partial charge in [-0.05, 0) is 48.9 Å². The van der Waals surface area contributed by atoms with Gasteiger partial charge < -0.3 is 14.8 Å². The van der Waals surface area contributed by atoms with Gasteiger partial charge in [-0.1, -0.05) is 19.4 Å². The van der Waals surface area contributed by atoms with E-state index in [-0.39, 0.29) is 12.5 Å². The van der Waals surface area contributed by atoms with Gasteiger partial charge in [-0.15, -0.1) is 5.10 Å². The minimum absolute atomic E-state index is 0.232. The van der Waals surface area contributed by atoms with Gasteiger partial charge in [-0.25, -0.2) is 18.4 Å². The fourth-order valence-corrected chi connectivity index (χ4v) is 3.87. The van der Waals surface area contributed by atoms with E-state index in [1.165, 1.54) is 4.40 Å². The van der Waals surface area contributed by atoms with Gasteiger partial charge in [-0.3, -0.25) is 4.79 Å². The molecule has 10 nitrogen and oxygen atoms in total. The Bertz CT molecular complexity index is 1580. The number of hydrogen-bond acceptors (Lipinski definition) is 6. The second-order valence-corrected chi connectivity index (χ2v) is 8.30. The summed E-state index contributed by atoms with van der Waals surface area (Å²) in [5.41, 5.74) is 2.88. The number of carbonyl (C=O) groups excluding carboxylic acids is 1. The third-order valence-corrected chi connectivity index (χ3v) is 5.76. The normalized spacial score (nSPS) is 11.2. The third-order valence-electron chi connectivity index (χ3n) is 5.76. The van der Waals surface area contributed by atoms with Crippen LogP contribution in [0.25, 0.3) is 22.4 Å². The highest BCUT2D eigenvalue weighted by molar-refractivity contribution is 5.90. The van der Waals surface area contributed by atoms with E-state index in [2.05, 4.69) is 22.4 Å². The average Bonchev–Trinajstić information content (AvgIpc) is 3.46. The number of anilines is 1. The van der Waals surface area contributed by atoms with Crippen LogP contribution in [0.3, 0.4) is 0 Å². The van der Waals surface area contributed by atoms with Crippen molar-refractivity contribution in [2.75, 3.05) is 19.0 Å². The highest BCUT2D eigenvalue weighted by Gasteiger charge is 2.15. The summed E-state index contributed by atoms with van der Waals surface area (Å²) in [6.07, 6.45) is 5.38. The molecule has 0 atom stereocenters. The van der Waals surface area contributed by atoms with Crippen LogP contribution in [0.15, 0.2) is 71.8 Å². The number of ether oxygens (including phenoxy) is 2. The molecular formula is C26H26N6O4. The summed E-state index contributed by atoms with van der Waals surface area (Å²) in [6.45, 7) is 2.59. The van der Waals surface area contributed by atoms with Crippen LogP contribution in [-0.2, 0) is 11.3 Å². The maximum Gasteiger partial charge on any atom is 0.350 e. The van der Waals surface area contributed by atoms with Crippen molar-refractivity contribution >= 4 is 22.8 Å². The molecule has 3 aromatic heterocycles. The molecule has 10 heteroatoms. The fraction of sp³-hybridized carbons (Fsp3) is 0.231. The predicted octanol–water partition coefficient (Wildman–Crippen LogP) is 3.64. The number of nitrogens with zero attached hydrogens (tertiary/aromatic N) is 5. The standard InChI is InChI=1S/C26H26N6O4/c1-3-4-14-36-20-10-8-18(9-11-20)22-16-23-25-29-32(26(34)30(25)12-13-31(23)28-22)17-24(33)27-19-6-5-7-21(15-19)35-2/h5-13,15-16H,3-4,14,17H2,1-2H3,(H,27,33). The zero-order valence-electron chi connectivity index (χ0n) is 20.0. The molecule has 0 saturated heterocycles. The van der Waals surface area contributed by atoms with Crippen molar-refractivity contribution in [3.8, 4) is 22.8 Å². The maximum atomic E-state index is 12.9.